The fraction of sp³-hybridized carbons (Fsp3) is 1.00. The van der Waals surface area contributed by atoms with Crippen LogP contribution in [0.25, 0.3) is 0 Å². The molecule has 0 unspecified atom stereocenters. The van der Waals surface area contributed by atoms with Crippen molar-refractivity contribution in [2.45, 2.75) is 44.6 Å². The van der Waals surface area contributed by atoms with Crippen LogP contribution in [0.15, 0.2) is 0 Å². The van der Waals surface area contributed by atoms with Crippen molar-refractivity contribution in [2.24, 2.45) is 0 Å². The Balaban J connectivity index is 0. The maximum absolute atomic E-state index is 11.2. The first-order valence-electron chi connectivity index (χ1n) is 3.48. The van der Waals surface area contributed by atoms with Gasteiger partial charge in [-0.1, -0.05) is 56.3 Å². The quantitative estimate of drug-likeness (QED) is 0.568. The summed E-state index contributed by atoms with van der Waals surface area (Å²) in [5, 5.41) is 0. The van der Waals surface area contributed by atoms with Gasteiger partial charge in [0.2, 0.25) is 0 Å². The van der Waals surface area contributed by atoms with Crippen molar-refractivity contribution in [3.63, 3.8) is 0 Å². The van der Waals surface area contributed by atoms with E-state index >= 15 is 0 Å². The molecule has 0 aliphatic rings. The molecule has 0 heterocycles. The molecule has 0 aromatic heterocycles. The number of alkyl halides is 3. The Morgan fingerprint density at radius 3 is 1.40 bits per heavy atom. The molecule has 0 spiro atoms. The van der Waals surface area contributed by atoms with E-state index in [2.05, 4.69) is 37.0 Å². The molecule has 64 valence electrons. The summed E-state index contributed by atoms with van der Waals surface area (Å²) in [6.45, 7) is 5.48. The van der Waals surface area contributed by atoms with Crippen LogP contribution in [0.1, 0.15) is 40.0 Å². The molecule has 0 bridgehead atoms. The molecule has 0 aliphatic heterocycles. The third-order valence-electron chi connectivity index (χ3n) is 0.707. The molecule has 0 saturated heterocycles. The van der Waals surface area contributed by atoms with Gasteiger partial charge in [-0.15, -0.1) is 0 Å². The summed E-state index contributed by atoms with van der Waals surface area (Å²) < 4.78 is 9.16. The van der Waals surface area contributed by atoms with E-state index in [1.165, 1.54) is 19.3 Å². The molecule has 3 heteroatoms. The van der Waals surface area contributed by atoms with E-state index < -0.39 is 4.59 Å². The molecule has 0 aliphatic carbocycles. The Hall–Kier alpha value is 0.510. The summed E-state index contributed by atoms with van der Waals surface area (Å²) in [4.78, 5) is 0. The van der Waals surface area contributed by atoms with Gasteiger partial charge >= 0.3 is 0 Å². The van der Waals surface area contributed by atoms with Crippen molar-refractivity contribution < 1.29 is 4.39 Å². The highest BCUT2D eigenvalue weighted by atomic mass is 35.5. The average molecular weight is 189 g/mol. The highest BCUT2D eigenvalue weighted by Crippen LogP contribution is 2.19. The van der Waals surface area contributed by atoms with Crippen LogP contribution in [0.2, 0.25) is 0 Å². The van der Waals surface area contributed by atoms with Gasteiger partial charge in [0.05, 0.1) is 0 Å². The SMILES string of the molecule is CC(F)(Cl)Cl.CCCCC. The molecule has 0 atom stereocenters. The van der Waals surface area contributed by atoms with Crippen LogP contribution in [0.3, 0.4) is 0 Å². The fourth-order valence-corrected chi connectivity index (χ4v) is 0.354. The Morgan fingerprint density at radius 1 is 1.20 bits per heavy atom. The summed E-state index contributed by atoms with van der Waals surface area (Å²) in [7, 11) is 0. The van der Waals surface area contributed by atoms with E-state index in [0.717, 1.165) is 6.92 Å². The number of rotatable bonds is 2. The molecule has 0 radical (unpaired) electrons. The van der Waals surface area contributed by atoms with Gasteiger partial charge in [-0.05, 0) is 6.92 Å². The van der Waals surface area contributed by atoms with E-state index in [1.807, 2.05) is 0 Å². The van der Waals surface area contributed by atoms with Gasteiger partial charge in [0.25, 0.3) is 4.59 Å². The fourth-order valence-electron chi connectivity index (χ4n) is 0.354. The minimum atomic E-state index is -2.06. The first-order valence-corrected chi connectivity index (χ1v) is 4.24. The first-order chi connectivity index (χ1) is 4.41. The lowest BCUT2D eigenvalue weighted by atomic mass is 10.3. The van der Waals surface area contributed by atoms with Crippen molar-refractivity contribution in [3.05, 3.63) is 0 Å². The van der Waals surface area contributed by atoms with Gasteiger partial charge < -0.3 is 0 Å². The minimum Gasteiger partial charge on any atom is -0.208 e. The van der Waals surface area contributed by atoms with Crippen LogP contribution in [-0.4, -0.2) is 4.59 Å². The molecular formula is C7H15Cl2F. The second-order valence-corrected chi connectivity index (χ2v) is 3.75. The summed E-state index contributed by atoms with van der Waals surface area (Å²) in [6.07, 6.45) is 4.08. The number of hydrogen-bond acceptors (Lipinski definition) is 0. The zero-order chi connectivity index (χ0) is 8.62. The first kappa shape index (κ1) is 13.1. The number of hydrogen-bond donors (Lipinski definition) is 0. The predicted octanol–water partition coefficient (Wildman–Crippen LogP) is 4.30. The third kappa shape index (κ3) is 76.2. The molecule has 0 aromatic rings. The van der Waals surface area contributed by atoms with Crippen LogP contribution < -0.4 is 0 Å². The molecule has 0 rings (SSSR count). The van der Waals surface area contributed by atoms with Crippen LogP contribution >= 0.6 is 23.2 Å². The smallest absolute Gasteiger partial charge is 0.208 e. The van der Waals surface area contributed by atoms with Gasteiger partial charge in [0.15, 0.2) is 0 Å². The summed E-state index contributed by atoms with van der Waals surface area (Å²) in [5.74, 6) is 0. The van der Waals surface area contributed by atoms with Gasteiger partial charge in [-0.3, -0.25) is 0 Å². The predicted molar refractivity (Wildman–Crippen MR) is 46.4 cm³/mol. The molecule has 10 heavy (non-hydrogen) atoms. The third-order valence-corrected chi connectivity index (χ3v) is 0.707. The lowest BCUT2D eigenvalue weighted by Gasteiger charge is -1.92. The van der Waals surface area contributed by atoms with E-state index in [4.69, 9.17) is 0 Å². The Labute approximate surface area is 72.7 Å². The minimum absolute atomic E-state index is 1.05. The van der Waals surface area contributed by atoms with Gasteiger partial charge in [0, 0.05) is 0 Å². The van der Waals surface area contributed by atoms with E-state index in [9.17, 15) is 4.39 Å². The molecular weight excluding hydrogens is 174 g/mol. The van der Waals surface area contributed by atoms with Crippen molar-refractivity contribution in [3.8, 4) is 0 Å². The number of unbranched alkanes of at least 4 members (excludes halogenated alkanes) is 2. The van der Waals surface area contributed by atoms with Crippen LogP contribution in [0.5, 0.6) is 0 Å². The Bertz CT molecular complexity index is 51.1. The van der Waals surface area contributed by atoms with Crippen LogP contribution in [0, 0.1) is 0 Å². The van der Waals surface area contributed by atoms with Crippen molar-refractivity contribution in [2.75, 3.05) is 0 Å². The monoisotopic (exact) mass is 188 g/mol. The van der Waals surface area contributed by atoms with Gasteiger partial charge in [-0.25, -0.2) is 4.39 Å². The Morgan fingerprint density at radius 2 is 1.40 bits per heavy atom. The van der Waals surface area contributed by atoms with E-state index in [1.54, 1.807) is 0 Å². The maximum Gasteiger partial charge on any atom is 0.254 e. The molecule has 0 fully saturated rings. The average Bonchev–Trinajstić information content (AvgIpc) is 1.63. The summed E-state index contributed by atoms with van der Waals surface area (Å²) >= 11 is 9.26. The molecule has 0 N–H and O–H groups in total. The lowest BCUT2D eigenvalue weighted by molar-refractivity contribution is 0.424. The molecule has 0 aromatic carbocycles. The van der Waals surface area contributed by atoms with Crippen molar-refractivity contribution in [1.82, 2.24) is 0 Å². The van der Waals surface area contributed by atoms with Gasteiger partial charge in [-0.2, -0.15) is 0 Å². The van der Waals surface area contributed by atoms with Gasteiger partial charge in [0.1, 0.15) is 0 Å². The molecule has 0 nitrogen and oxygen atoms in total. The van der Waals surface area contributed by atoms with Crippen LogP contribution in [0.4, 0.5) is 4.39 Å². The topological polar surface area (TPSA) is 0 Å². The summed E-state index contributed by atoms with van der Waals surface area (Å²) in [6, 6.07) is 0. The number of halogens is 3. The highest BCUT2D eigenvalue weighted by molar-refractivity contribution is 6.46. The van der Waals surface area contributed by atoms with E-state index in [0.29, 0.717) is 0 Å². The maximum atomic E-state index is 11.2. The Kier molecular flexibility index (Phi) is 10.00. The zero-order valence-electron chi connectivity index (χ0n) is 6.76. The standard InChI is InChI=1S/C5H12.C2H3Cl2F/c1-3-5-4-2;1-2(3,4)5/h3-5H2,1-2H3;1H3. The molecule has 0 amide bonds. The highest BCUT2D eigenvalue weighted by Gasteiger charge is 2.09. The van der Waals surface area contributed by atoms with Crippen molar-refractivity contribution in [1.29, 1.82) is 0 Å². The van der Waals surface area contributed by atoms with E-state index in [-0.39, 0.29) is 0 Å². The largest absolute Gasteiger partial charge is 0.254 e. The van der Waals surface area contributed by atoms with Crippen LogP contribution in [-0.2, 0) is 0 Å². The second kappa shape index (κ2) is 7.62. The lowest BCUT2D eigenvalue weighted by Crippen LogP contribution is -1.90. The normalized spacial score (nSPS) is 10.2. The molecule has 0 saturated carbocycles. The van der Waals surface area contributed by atoms with Crippen molar-refractivity contribution >= 4 is 23.2 Å². The second-order valence-electron chi connectivity index (χ2n) is 2.13. The zero-order valence-corrected chi connectivity index (χ0v) is 8.27. The summed E-state index contributed by atoms with van der Waals surface area (Å²) in [5.41, 5.74) is 0.